The zero-order chi connectivity index (χ0) is 15.2. The summed E-state index contributed by atoms with van der Waals surface area (Å²) < 4.78 is 6.91. The van der Waals surface area contributed by atoms with Crippen molar-refractivity contribution in [1.82, 2.24) is 5.32 Å². The van der Waals surface area contributed by atoms with Gasteiger partial charge in [-0.15, -0.1) is 0 Å². The highest BCUT2D eigenvalue weighted by Crippen LogP contribution is 2.30. The van der Waals surface area contributed by atoms with Crippen molar-refractivity contribution in [2.24, 2.45) is 0 Å². The van der Waals surface area contributed by atoms with E-state index in [0.29, 0.717) is 12.1 Å². The third-order valence-corrected chi connectivity index (χ3v) is 4.60. The Morgan fingerprint density at radius 2 is 2.29 bits per heavy atom. The largest absolute Gasteiger partial charge is 0.377 e. The lowest BCUT2D eigenvalue weighted by atomic mass is 10.1. The molecular weight excluding hydrogens is 328 g/mol. The molecule has 1 aliphatic heterocycles. The maximum atomic E-state index is 5.73. The lowest BCUT2D eigenvalue weighted by Gasteiger charge is -2.26. The van der Waals surface area contributed by atoms with Crippen molar-refractivity contribution in [2.75, 3.05) is 31.1 Å². The first-order chi connectivity index (χ1) is 10.1. The second-order valence-corrected chi connectivity index (χ2v) is 6.72. The van der Waals surface area contributed by atoms with Crippen LogP contribution in [-0.2, 0) is 4.74 Å². The van der Waals surface area contributed by atoms with Crippen LogP contribution < -0.4 is 10.2 Å². The normalized spacial score (nSPS) is 21.1. The standard InChI is InChI=1S/C17H27BrN2O/c1-4-8-19-14(3)15-6-7-17(16(18)11-15)20-9-5-10-21-13(2)12-20/h6-7,11,13-14,19H,4-5,8-10,12H2,1-3H3. The lowest BCUT2D eigenvalue weighted by Crippen LogP contribution is -2.30. The van der Waals surface area contributed by atoms with E-state index in [1.165, 1.54) is 15.7 Å². The number of nitrogens with one attached hydrogen (secondary N) is 1. The van der Waals surface area contributed by atoms with Crippen LogP contribution in [-0.4, -0.2) is 32.3 Å². The molecule has 0 aliphatic carbocycles. The van der Waals surface area contributed by atoms with Gasteiger partial charge in [0, 0.05) is 30.2 Å². The van der Waals surface area contributed by atoms with Gasteiger partial charge in [-0.1, -0.05) is 13.0 Å². The van der Waals surface area contributed by atoms with Crippen LogP contribution in [0.3, 0.4) is 0 Å². The molecule has 0 amide bonds. The molecule has 1 fully saturated rings. The Kier molecular flexibility index (Phi) is 6.52. The summed E-state index contributed by atoms with van der Waals surface area (Å²) >= 11 is 3.75. The first-order valence-corrected chi connectivity index (χ1v) is 8.80. The molecule has 0 aromatic heterocycles. The van der Waals surface area contributed by atoms with E-state index < -0.39 is 0 Å². The number of hydrogen-bond acceptors (Lipinski definition) is 3. The number of anilines is 1. The smallest absolute Gasteiger partial charge is 0.0721 e. The third-order valence-electron chi connectivity index (χ3n) is 3.97. The molecule has 4 heteroatoms. The van der Waals surface area contributed by atoms with Gasteiger partial charge in [-0.3, -0.25) is 0 Å². The molecule has 21 heavy (non-hydrogen) atoms. The minimum atomic E-state index is 0.296. The first kappa shape index (κ1) is 16.8. The van der Waals surface area contributed by atoms with Crippen LogP contribution in [0.4, 0.5) is 5.69 Å². The lowest BCUT2D eigenvalue weighted by molar-refractivity contribution is 0.0821. The van der Waals surface area contributed by atoms with Crippen molar-refractivity contribution in [3.05, 3.63) is 28.2 Å². The van der Waals surface area contributed by atoms with Gasteiger partial charge < -0.3 is 15.0 Å². The van der Waals surface area contributed by atoms with Gasteiger partial charge in [0.05, 0.1) is 11.8 Å². The fourth-order valence-electron chi connectivity index (χ4n) is 2.74. The van der Waals surface area contributed by atoms with Crippen LogP contribution in [0.2, 0.25) is 0 Å². The summed E-state index contributed by atoms with van der Waals surface area (Å²) in [5, 5.41) is 3.54. The molecule has 1 aliphatic rings. The molecule has 0 bridgehead atoms. The molecule has 3 nitrogen and oxygen atoms in total. The van der Waals surface area contributed by atoms with Crippen molar-refractivity contribution >= 4 is 21.6 Å². The van der Waals surface area contributed by atoms with E-state index in [4.69, 9.17) is 4.74 Å². The second kappa shape index (κ2) is 8.16. The van der Waals surface area contributed by atoms with Crippen LogP contribution in [0, 0.1) is 0 Å². The van der Waals surface area contributed by atoms with Crippen molar-refractivity contribution in [1.29, 1.82) is 0 Å². The van der Waals surface area contributed by atoms with Crippen molar-refractivity contribution in [3.8, 4) is 0 Å². The van der Waals surface area contributed by atoms with E-state index in [1.807, 2.05) is 0 Å². The third kappa shape index (κ3) is 4.70. The minimum absolute atomic E-state index is 0.296. The summed E-state index contributed by atoms with van der Waals surface area (Å²) in [6, 6.07) is 7.12. The van der Waals surface area contributed by atoms with Crippen LogP contribution >= 0.6 is 15.9 Å². The molecule has 118 valence electrons. The maximum Gasteiger partial charge on any atom is 0.0721 e. The average Bonchev–Trinajstić information content (AvgIpc) is 2.69. The van der Waals surface area contributed by atoms with Crippen LogP contribution in [0.5, 0.6) is 0 Å². The summed E-state index contributed by atoms with van der Waals surface area (Å²) in [4.78, 5) is 2.43. The Bertz CT molecular complexity index is 452. The van der Waals surface area contributed by atoms with Crippen LogP contribution in [0.25, 0.3) is 0 Å². The highest BCUT2D eigenvalue weighted by atomic mass is 79.9. The van der Waals surface area contributed by atoms with Gasteiger partial charge in [0.15, 0.2) is 0 Å². The predicted molar refractivity (Wildman–Crippen MR) is 93.1 cm³/mol. The summed E-state index contributed by atoms with van der Waals surface area (Å²) in [7, 11) is 0. The minimum Gasteiger partial charge on any atom is -0.377 e. The van der Waals surface area contributed by atoms with Crippen molar-refractivity contribution in [2.45, 2.75) is 45.8 Å². The molecule has 2 atom stereocenters. The van der Waals surface area contributed by atoms with Crippen LogP contribution in [0.1, 0.15) is 45.2 Å². The fraction of sp³-hybridized carbons (Fsp3) is 0.647. The number of benzene rings is 1. The molecule has 1 N–H and O–H groups in total. The van der Waals surface area contributed by atoms with Gasteiger partial charge in [-0.05, 0) is 66.9 Å². The molecule has 2 rings (SSSR count). The molecule has 2 unspecified atom stereocenters. The van der Waals surface area contributed by atoms with Crippen molar-refractivity contribution in [3.63, 3.8) is 0 Å². The molecule has 0 radical (unpaired) electrons. The molecule has 0 spiro atoms. The Balaban J connectivity index is 2.11. The van der Waals surface area contributed by atoms with Gasteiger partial charge in [-0.2, -0.15) is 0 Å². The van der Waals surface area contributed by atoms with E-state index in [1.54, 1.807) is 0 Å². The number of nitrogens with zero attached hydrogens (tertiary/aromatic N) is 1. The molecule has 1 heterocycles. The average molecular weight is 355 g/mol. The highest BCUT2D eigenvalue weighted by Gasteiger charge is 2.18. The molecule has 1 aromatic rings. The van der Waals surface area contributed by atoms with E-state index >= 15 is 0 Å². The number of halogens is 1. The number of hydrogen-bond donors (Lipinski definition) is 1. The summed E-state index contributed by atoms with van der Waals surface area (Å²) in [5.74, 6) is 0. The summed E-state index contributed by atoms with van der Waals surface area (Å²) in [6.07, 6.45) is 2.55. The quantitative estimate of drug-likeness (QED) is 0.860. The number of rotatable bonds is 5. The monoisotopic (exact) mass is 354 g/mol. The van der Waals surface area contributed by atoms with Gasteiger partial charge >= 0.3 is 0 Å². The van der Waals surface area contributed by atoms with Gasteiger partial charge in [0.2, 0.25) is 0 Å². The van der Waals surface area contributed by atoms with Gasteiger partial charge in [0.25, 0.3) is 0 Å². The topological polar surface area (TPSA) is 24.5 Å². The zero-order valence-electron chi connectivity index (χ0n) is 13.4. The Labute approximate surface area is 137 Å². The van der Waals surface area contributed by atoms with Gasteiger partial charge in [0.1, 0.15) is 0 Å². The highest BCUT2D eigenvalue weighted by molar-refractivity contribution is 9.10. The predicted octanol–water partition coefficient (Wildman–Crippen LogP) is 4.12. The van der Waals surface area contributed by atoms with Crippen molar-refractivity contribution < 1.29 is 4.74 Å². The van der Waals surface area contributed by atoms with E-state index in [2.05, 4.69) is 65.1 Å². The molecular formula is C17H27BrN2O. The SMILES string of the molecule is CCCNC(C)c1ccc(N2CCCOC(C)C2)c(Br)c1. The van der Waals surface area contributed by atoms with Gasteiger partial charge in [-0.25, -0.2) is 0 Å². The summed E-state index contributed by atoms with van der Waals surface area (Å²) in [6.45, 7) is 10.5. The number of ether oxygens (including phenoxy) is 1. The first-order valence-electron chi connectivity index (χ1n) is 8.01. The molecule has 1 saturated heterocycles. The Morgan fingerprint density at radius 1 is 1.48 bits per heavy atom. The molecule has 1 aromatic carbocycles. The Hall–Kier alpha value is -0.580. The zero-order valence-corrected chi connectivity index (χ0v) is 14.9. The molecule has 0 saturated carbocycles. The second-order valence-electron chi connectivity index (χ2n) is 5.87. The maximum absolute atomic E-state index is 5.73. The van der Waals surface area contributed by atoms with Crippen LogP contribution in [0.15, 0.2) is 22.7 Å². The van der Waals surface area contributed by atoms with E-state index in [0.717, 1.165) is 39.1 Å². The fourth-order valence-corrected chi connectivity index (χ4v) is 3.39. The Morgan fingerprint density at radius 3 is 3.00 bits per heavy atom. The van der Waals surface area contributed by atoms with E-state index in [-0.39, 0.29) is 0 Å². The van der Waals surface area contributed by atoms with E-state index in [9.17, 15) is 0 Å². The summed E-state index contributed by atoms with van der Waals surface area (Å²) in [5.41, 5.74) is 2.61.